The lowest BCUT2D eigenvalue weighted by Gasteiger charge is -2.24. The van der Waals surface area contributed by atoms with Gasteiger partial charge < -0.3 is 15.0 Å². The number of para-hydroxylation sites is 1. The van der Waals surface area contributed by atoms with Crippen LogP contribution in [0, 0.1) is 0 Å². The molecule has 0 aliphatic heterocycles. The van der Waals surface area contributed by atoms with Gasteiger partial charge >= 0.3 is 6.03 Å². The first kappa shape index (κ1) is 18.0. The molecule has 0 spiro atoms. The first-order valence-electron chi connectivity index (χ1n) is 7.62. The summed E-state index contributed by atoms with van der Waals surface area (Å²) in [6.07, 6.45) is 1.63. The van der Waals surface area contributed by atoms with Crippen LogP contribution in [0.4, 0.5) is 10.5 Å². The Bertz CT molecular complexity index is 689. The van der Waals surface area contributed by atoms with Crippen molar-refractivity contribution in [2.75, 3.05) is 24.4 Å². The number of ether oxygens (including phenoxy) is 1. The van der Waals surface area contributed by atoms with Crippen molar-refractivity contribution in [3.05, 3.63) is 54.6 Å². The lowest BCUT2D eigenvalue weighted by molar-refractivity contribution is 0.212. The Kier molecular flexibility index (Phi) is 6.37. The van der Waals surface area contributed by atoms with Crippen LogP contribution in [0.25, 0.3) is 0 Å². The molecule has 0 radical (unpaired) electrons. The highest BCUT2D eigenvalue weighted by Crippen LogP contribution is 2.22. The van der Waals surface area contributed by atoms with E-state index in [0.717, 1.165) is 5.75 Å². The quantitative estimate of drug-likeness (QED) is 0.867. The summed E-state index contributed by atoms with van der Waals surface area (Å²) < 4.78 is 17.0. The smallest absolute Gasteiger partial charge is 0.321 e. The predicted molar refractivity (Wildman–Crippen MR) is 98.1 cm³/mol. The van der Waals surface area contributed by atoms with E-state index >= 15 is 0 Å². The van der Waals surface area contributed by atoms with Crippen molar-refractivity contribution in [3.8, 4) is 11.5 Å². The van der Waals surface area contributed by atoms with Gasteiger partial charge in [-0.1, -0.05) is 18.2 Å². The predicted octanol–water partition coefficient (Wildman–Crippen LogP) is 3.71. The van der Waals surface area contributed by atoms with Gasteiger partial charge in [-0.25, -0.2) is 4.79 Å². The molecule has 0 fully saturated rings. The zero-order valence-corrected chi connectivity index (χ0v) is 14.9. The standard InChI is InChI=1S/C18H22N2O3S/c1-14(13-24(3)22)20(2)18(21)19-15-9-11-17(12-10-15)23-16-7-5-4-6-8-16/h4-12,14H,13H2,1-3H3,(H,19,21). The molecule has 24 heavy (non-hydrogen) atoms. The minimum Gasteiger partial charge on any atom is -0.457 e. The number of rotatable bonds is 6. The Balaban J connectivity index is 1.93. The molecule has 2 aromatic rings. The van der Waals surface area contributed by atoms with Gasteiger partial charge in [-0.05, 0) is 43.3 Å². The van der Waals surface area contributed by atoms with E-state index in [4.69, 9.17) is 4.74 Å². The lowest BCUT2D eigenvalue weighted by Crippen LogP contribution is -2.40. The van der Waals surface area contributed by atoms with Crippen LogP contribution >= 0.6 is 0 Å². The van der Waals surface area contributed by atoms with Gasteiger partial charge in [0.15, 0.2) is 0 Å². The van der Waals surface area contributed by atoms with Crippen molar-refractivity contribution in [3.63, 3.8) is 0 Å². The molecule has 0 heterocycles. The molecule has 0 bridgehead atoms. The number of carbonyl (C=O) groups excluding carboxylic acids is 1. The van der Waals surface area contributed by atoms with Gasteiger partial charge in [-0.15, -0.1) is 0 Å². The molecule has 0 aliphatic rings. The van der Waals surface area contributed by atoms with Gasteiger partial charge in [-0.2, -0.15) is 0 Å². The summed E-state index contributed by atoms with van der Waals surface area (Å²) >= 11 is 0. The van der Waals surface area contributed by atoms with Crippen LogP contribution in [-0.2, 0) is 10.8 Å². The molecule has 2 unspecified atom stereocenters. The minimum absolute atomic E-state index is 0.100. The van der Waals surface area contributed by atoms with Crippen molar-refractivity contribution in [1.82, 2.24) is 4.90 Å². The van der Waals surface area contributed by atoms with E-state index < -0.39 is 10.8 Å². The van der Waals surface area contributed by atoms with Crippen molar-refractivity contribution < 1.29 is 13.7 Å². The molecule has 128 valence electrons. The van der Waals surface area contributed by atoms with Crippen LogP contribution in [-0.4, -0.2) is 40.2 Å². The Labute approximate surface area is 145 Å². The number of nitrogens with zero attached hydrogens (tertiary/aromatic N) is 1. The number of hydrogen-bond acceptors (Lipinski definition) is 3. The minimum atomic E-state index is -0.940. The Hall–Kier alpha value is -2.34. The topological polar surface area (TPSA) is 58.6 Å². The lowest BCUT2D eigenvalue weighted by atomic mass is 10.3. The summed E-state index contributed by atoms with van der Waals surface area (Å²) in [4.78, 5) is 13.7. The molecule has 1 N–H and O–H groups in total. The number of anilines is 1. The molecule has 2 aromatic carbocycles. The number of urea groups is 1. The Morgan fingerprint density at radius 2 is 1.71 bits per heavy atom. The maximum atomic E-state index is 12.2. The highest BCUT2D eigenvalue weighted by Gasteiger charge is 2.16. The molecule has 0 aliphatic carbocycles. The fourth-order valence-electron chi connectivity index (χ4n) is 2.09. The van der Waals surface area contributed by atoms with Gasteiger partial charge in [0.2, 0.25) is 0 Å². The SMILES string of the molecule is CC(CS(C)=O)N(C)C(=O)Nc1ccc(Oc2ccccc2)cc1. The van der Waals surface area contributed by atoms with Crippen molar-refractivity contribution in [2.24, 2.45) is 0 Å². The number of nitrogens with one attached hydrogen (secondary N) is 1. The molecular formula is C18H22N2O3S. The second-order valence-corrected chi connectivity index (χ2v) is 7.05. The molecule has 6 heteroatoms. The summed E-state index contributed by atoms with van der Waals surface area (Å²) in [5.41, 5.74) is 0.678. The van der Waals surface area contributed by atoms with Gasteiger partial charge in [0.1, 0.15) is 11.5 Å². The van der Waals surface area contributed by atoms with E-state index in [1.807, 2.05) is 37.3 Å². The van der Waals surface area contributed by atoms with Crippen molar-refractivity contribution in [2.45, 2.75) is 13.0 Å². The van der Waals surface area contributed by atoms with Crippen LogP contribution in [0.15, 0.2) is 54.6 Å². The first-order valence-corrected chi connectivity index (χ1v) is 9.35. The van der Waals surface area contributed by atoms with Crippen LogP contribution in [0.1, 0.15) is 6.92 Å². The van der Waals surface area contributed by atoms with E-state index in [9.17, 15) is 9.00 Å². The normalized spacial score (nSPS) is 13.0. The maximum absolute atomic E-state index is 12.2. The molecular weight excluding hydrogens is 324 g/mol. The van der Waals surface area contributed by atoms with Crippen LogP contribution in [0.2, 0.25) is 0 Å². The van der Waals surface area contributed by atoms with Crippen molar-refractivity contribution in [1.29, 1.82) is 0 Å². The average molecular weight is 346 g/mol. The van der Waals surface area contributed by atoms with E-state index in [1.165, 1.54) is 0 Å². The number of amides is 2. The summed E-state index contributed by atoms with van der Waals surface area (Å²) in [6.45, 7) is 1.87. The molecule has 0 saturated heterocycles. The summed E-state index contributed by atoms with van der Waals surface area (Å²) in [5, 5.41) is 2.82. The third-order valence-electron chi connectivity index (χ3n) is 3.54. The van der Waals surface area contributed by atoms with E-state index in [1.54, 1.807) is 42.5 Å². The summed E-state index contributed by atoms with van der Waals surface area (Å²) in [7, 11) is 0.754. The van der Waals surface area contributed by atoms with E-state index in [2.05, 4.69) is 5.32 Å². The Morgan fingerprint density at radius 1 is 1.12 bits per heavy atom. The third kappa shape index (κ3) is 5.38. The van der Waals surface area contributed by atoms with E-state index in [-0.39, 0.29) is 12.1 Å². The second kappa shape index (κ2) is 8.49. The van der Waals surface area contributed by atoms with Crippen molar-refractivity contribution >= 4 is 22.5 Å². The fraction of sp³-hybridized carbons (Fsp3) is 0.278. The molecule has 0 saturated carbocycles. The maximum Gasteiger partial charge on any atom is 0.321 e. The molecule has 2 rings (SSSR count). The zero-order valence-electron chi connectivity index (χ0n) is 14.1. The van der Waals surface area contributed by atoms with Gasteiger partial charge in [0.05, 0.1) is 0 Å². The molecule has 0 aromatic heterocycles. The summed E-state index contributed by atoms with van der Waals surface area (Å²) in [5.74, 6) is 1.91. The second-order valence-electron chi connectivity index (χ2n) is 5.57. The molecule has 2 amide bonds. The number of carbonyl (C=O) groups is 1. The van der Waals surface area contributed by atoms with Gasteiger partial charge in [-0.3, -0.25) is 4.21 Å². The number of benzene rings is 2. The third-order valence-corrected chi connectivity index (χ3v) is 4.49. The van der Waals surface area contributed by atoms with Gasteiger partial charge in [0.25, 0.3) is 0 Å². The van der Waals surface area contributed by atoms with Crippen LogP contribution in [0.5, 0.6) is 11.5 Å². The monoisotopic (exact) mass is 346 g/mol. The van der Waals surface area contributed by atoms with Crippen LogP contribution < -0.4 is 10.1 Å². The molecule has 2 atom stereocenters. The average Bonchev–Trinajstić information content (AvgIpc) is 2.56. The first-order chi connectivity index (χ1) is 11.5. The zero-order chi connectivity index (χ0) is 17.5. The summed E-state index contributed by atoms with van der Waals surface area (Å²) in [6, 6.07) is 16.3. The molecule has 5 nitrogen and oxygen atoms in total. The fourth-order valence-corrected chi connectivity index (χ4v) is 3.00. The largest absolute Gasteiger partial charge is 0.457 e. The highest BCUT2D eigenvalue weighted by atomic mass is 32.2. The Morgan fingerprint density at radius 3 is 2.29 bits per heavy atom. The van der Waals surface area contributed by atoms with E-state index in [0.29, 0.717) is 17.2 Å². The van der Waals surface area contributed by atoms with Gasteiger partial charge in [0, 0.05) is 41.6 Å². The van der Waals surface area contributed by atoms with Crippen LogP contribution in [0.3, 0.4) is 0 Å². The number of hydrogen-bond donors (Lipinski definition) is 1. The highest BCUT2D eigenvalue weighted by molar-refractivity contribution is 7.84.